The van der Waals surface area contributed by atoms with E-state index in [-0.39, 0.29) is 18.4 Å². The first-order valence-electron chi connectivity index (χ1n) is 8.84. The summed E-state index contributed by atoms with van der Waals surface area (Å²) >= 11 is 0. The van der Waals surface area contributed by atoms with Crippen molar-refractivity contribution in [2.24, 2.45) is 5.92 Å². The van der Waals surface area contributed by atoms with Gasteiger partial charge in [-0.3, -0.25) is 9.78 Å². The van der Waals surface area contributed by atoms with Gasteiger partial charge in [0, 0.05) is 43.4 Å². The summed E-state index contributed by atoms with van der Waals surface area (Å²) in [5.74, 6) is 0.383. The number of nitrogens with one attached hydrogen (secondary N) is 1. The van der Waals surface area contributed by atoms with E-state index in [4.69, 9.17) is 0 Å². The minimum absolute atomic E-state index is 0.00963. The van der Waals surface area contributed by atoms with E-state index >= 15 is 0 Å². The number of hydrogen-bond donors (Lipinski definition) is 2. The van der Waals surface area contributed by atoms with Crippen molar-refractivity contribution in [2.45, 2.75) is 20.3 Å². The molecule has 3 aromatic heterocycles. The number of nitrogens with zero attached hydrogens (tertiary/aromatic N) is 4. The molecule has 7 heteroatoms. The monoisotopic (exact) mass is 365 g/mol. The molecule has 140 valence electrons. The van der Waals surface area contributed by atoms with Gasteiger partial charge in [-0.15, -0.1) is 0 Å². The lowest BCUT2D eigenvalue weighted by atomic mass is 10.0. The van der Waals surface area contributed by atoms with E-state index in [1.807, 2.05) is 32.0 Å². The second-order valence-corrected chi connectivity index (χ2v) is 6.57. The van der Waals surface area contributed by atoms with Crippen LogP contribution in [0.5, 0.6) is 0 Å². The summed E-state index contributed by atoms with van der Waals surface area (Å²) < 4.78 is 1.74. The predicted octanol–water partition coefficient (Wildman–Crippen LogP) is 1.86. The average molecular weight is 365 g/mol. The molecule has 0 spiro atoms. The Labute approximate surface area is 158 Å². The predicted molar refractivity (Wildman–Crippen MR) is 102 cm³/mol. The molecular weight excluding hydrogens is 342 g/mol. The Bertz CT molecular complexity index is 890. The molecular formula is C20H23N5O2. The lowest BCUT2D eigenvalue weighted by molar-refractivity contribution is 0.0939. The Balaban J connectivity index is 1.59. The lowest BCUT2D eigenvalue weighted by Crippen LogP contribution is -2.32. The number of carbonyl (C=O) groups excluding carboxylic acids is 1. The van der Waals surface area contributed by atoms with E-state index in [9.17, 15) is 9.90 Å². The normalized spacial score (nSPS) is 12.0. The van der Waals surface area contributed by atoms with Crippen molar-refractivity contribution in [1.82, 2.24) is 25.1 Å². The number of amides is 1. The standard InChI is InChI=1S/C20H23N5O2/c1-14-8-15(2)25(24-14)19-6-5-18(12-22-19)20(27)23-11-17(13-26)9-16-4-3-7-21-10-16/h3-8,10,12,17,26H,9,11,13H2,1-2H3,(H,23,27). The highest BCUT2D eigenvalue weighted by molar-refractivity contribution is 5.93. The zero-order chi connectivity index (χ0) is 19.2. The van der Waals surface area contributed by atoms with E-state index in [0.29, 0.717) is 24.3 Å². The van der Waals surface area contributed by atoms with Crippen molar-refractivity contribution >= 4 is 5.91 Å². The molecule has 1 unspecified atom stereocenters. The minimum atomic E-state index is -0.216. The largest absolute Gasteiger partial charge is 0.396 e. The van der Waals surface area contributed by atoms with Crippen molar-refractivity contribution in [3.05, 3.63) is 71.4 Å². The number of aromatic nitrogens is 4. The Hall–Kier alpha value is -3.06. The van der Waals surface area contributed by atoms with Gasteiger partial charge in [-0.1, -0.05) is 6.07 Å². The number of pyridine rings is 2. The molecule has 7 nitrogen and oxygen atoms in total. The highest BCUT2D eigenvalue weighted by Crippen LogP contribution is 2.11. The topological polar surface area (TPSA) is 92.9 Å². The smallest absolute Gasteiger partial charge is 0.252 e. The quantitative estimate of drug-likeness (QED) is 0.667. The molecule has 0 aromatic carbocycles. The molecule has 0 aliphatic heterocycles. The van der Waals surface area contributed by atoms with Crippen LogP contribution in [0.2, 0.25) is 0 Å². The van der Waals surface area contributed by atoms with Crippen molar-refractivity contribution in [1.29, 1.82) is 0 Å². The summed E-state index contributed by atoms with van der Waals surface area (Å²) in [6.45, 7) is 4.25. The lowest BCUT2D eigenvalue weighted by Gasteiger charge is -2.15. The summed E-state index contributed by atoms with van der Waals surface area (Å²) in [6.07, 6.45) is 5.67. The third kappa shape index (κ3) is 4.77. The first kappa shape index (κ1) is 18.7. The van der Waals surface area contributed by atoms with Crippen LogP contribution < -0.4 is 5.32 Å². The average Bonchev–Trinajstić information content (AvgIpc) is 3.03. The molecule has 3 heterocycles. The van der Waals surface area contributed by atoms with Gasteiger partial charge in [-0.2, -0.15) is 5.10 Å². The van der Waals surface area contributed by atoms with E-state index < -0.39 is 0 Å². The fourth-order valence-corrected chi connectivity index (χ4v) is 2.90. The summed E-state index contributed by atoms with van der Waals surface area (Å²) in [7, 11) is 0. The third-order valence-electron chi connectivity index (χ3n) is 4.29. The number of aliphatic hydroxyl groups is 1. The Morgan fingerprint density at radius 2 is 2.11 bits per heavy atom. The highest BCUT2D eigenvalue weighted by atomic mass is 16.3. The van der Waals surface area contributed by atoms with E-state index in [0.717, 1.165) is 17.0 Å². The second-order valence-electron chi connectivity index (χ2n) is 6.57. The SMILES string of the molecule is Cc1cc(C)n(-c2ccc(C(=O)NCC(CO)Cc3cccnc3)cn2)n1. The molecule has 0 saturated carbocycles. The number of rotatable bonds is 7. The number of aliphatic hydroxyl groups excluding tert-OH is 1. The first-order valence-corrected chi connectivity index (χ1v) is 8.84. The molecule has 0 aliphatic carbocycles. The number of aryl methyl sites for hydroxylation is 2. The molecule has 3 rings (SSSR count). The van der Waals surface area contributed by atoms with Crippen molar-refractivity contribution in [2.75, 3.05) is 13.2 Å². The maximum atomic E-state index is 12.4. The molecule has 0 fully saturated rings. The van der Waals surface area contributed by atoms with Gasteiger partial charge < -0.3 is 10.4 Å². The molecule has 1 atom stereocenters. The van der Waals surface area contributed by atoms with E-state index in [1.165, 1.54) is 6.20 Å². The minimum Gasteiger partial charge on any atom is -0.396 e. The molecule has 0 bridgehead atoms. The second kappa shape index (κ2) is 8.55. The zero-order valence-electron chi connectivity index (χ0n) is 15.5. The van der Waals surface area contributed by atoms with Crippen LogP contribution in [-0.4, -0.2) is 43.9 Å². The third-order valence-corrected chi connectivity index (χ3v) is 4.29. The van der Waals surface area contributed by atoms with Gasteiger partial charge >= 0.3 is 0 Å². The summed E-state index contributed by atoms with van der Waals surface area (Å²) in [4.78, 5) is 20.8. The van der Waals surface area contributed by atoms with Crippen LogP contribution in [0.25, 0.3) is 5.82 Å². The summed E-state index contributed by atoms with van der Waals surface area (Å²) in [5, 5.41) is 16.8. The fourth-order valence-electron chi connectivity index (χ4n) is 2.90. The van der Waals surface area contributed by atoms with Crippen LogP contribution in [0.15, 0.2) is 48.9 Å². The Morgan fingerprint density at radius 3 is 2.70 bits per heavy atom. The van der Waals surface area contributed by atoms with Crippen LogP contribution in [0.3, 0.4) is 0 Å². The molecule has 0 radical (unpaired) electrons. The van der Waals surface area contributed by atoms with Crippen LogP contribution >= 0.6 is 0 Å². The summed E-state index contributed by atoms with van der Waals surface area (Å²) in [6, 6.07) is 9.29. The van der Waals surface area contributed by atoms with Crippen LogP contribution in [-0.2, 0) is 6.42 Å². The van der Waals surface area contributed by atoms with E-state index in [1.54, 1.807) is 29.2 Å². The van der Waals surface area contributed by atoms with Gasteiger partial charge in [0.2, 0.25) is 0 Å². The van der Waals surface area contributed by atoms with Gasteiger partial charge in [-0.25, -0.2) is 9.67 Å². The van der Waals surface area contributed by atoms with Gasteiger partial charge in [0.05, 0.1) is 11.3 Å². The fraction of sp³-hybridized carbons (Fsp3) is 0.300. The maximum absolute atomic E-state index is 12.4. The first-order chi connectivity index (χ1) is 13.1. The van der Waals surface area contributed by atoms with Gasteiger partial charge in [-0.05, 0) is 50.1 Å². The molecule has 27 heavy (non-hydrogen) atoms. The Morgan fingerprint density at radius 1 is 1.26 bits per heavy atom. The van der Waals surface area contributed by atoms with Crippen LogP contribution in [0.4, 0.5) is 0 Å². The molecule has 2 N–H and O–H groups in total. The summed E-state index contributed by atoms with van der Waals surface area (Å²) in [5.41, 5.74) is 3.40. The van der Waals surface area contributed by atoms with E-state index in [2.05, 4.69) is 20.4 Å². The Kier molecular flexibility index (Phi) is 5.93. The highest BCUT2D eigenvalue weighted by Gasteiger charge is 2.13. The van der Waals surface area contributed by atoms with Crippen LogP contribution in [0.1, 0.15) is 27.3 Å². The van der Waals surface area contributed by atoms with Gasteiger partial charge in [0.1, 0.15) is 0 Å². The molecule has 0 aliphatic rings. The zero-order valence-corrected chi connectivity index (χ0v) is 15.5. The number of hydrogen-bond acceptors (Lipinski definition) is 5. The van der Waals surface area contributed by atoms with Gasteiger partial charge in [0.25, 0.3) is 5.91 Å². The van der Waals surface area contributed by atoms with Crippen molar-refractivity contribution < 1.29 is 9.90 Å². The maximum Gasteiger partial charge on any atom is 0.252 e. The molecule has 0 saturated heterocycles. The van der Waals surface area contributed by atoms with Crippen LogP contribution in [0, 0.1) is 19.8 Å². The number of carbonyl (C=O) groups is 1. The molecule has 1 amide bonds. The van der Waals surface area contributed by atoms with Crippen molar-refractivity contribution in [3.8, 4) is 5.82 Å². The van der Waals surface area contributed by atoms with Gasteiger partial charge in [0.15, 0.2) is 5.82 Å². The van der Waals surface area contributed by atoms with Crippen molar-refractivity contribution in [3.63, 3.8) is 0 Å². The molecule has 3 aromatic rings.